The smallest absolute Gasteiger partial charge is 0.317 e. The van der Waals surface area contributed by atoms with Gasteiger partial charge in [-0.1, -0.05) is 19.9 Å². The molecule has 0 saturated carbocycles. The van der Waals surface area contributed by atoms with Crippen LogP contribution < -0.4 is 4.74 Å². The van der Waals surface area contributed by atoms with Crippen molar-refractivity contribution in [3.8, 4) is 5.75 Å². The van der Waals surface area contributed by atoms with Gasteiger partial charge in [0.15, 0.2) is 11.6 Å². The molecule has 0 aliphatic carbocycles. The summed E-state index contributed by atoms with van der Waals surface area (Å²) >= 11 is 1.90. The minimum Gasteiger partial charge on any atom is -0.486 e. The lowest BCUT2D eigenvalue weighted by atomic mass is 10.0. The van der Waals surface area contributed by atoms with E-state index in [0.29, 0.717) is 9.64 Å². The molecule has 0 atom stereocenters. The second kappa shape index (κ2) is 12.9. The normalized spacial score (nSPS) is 9.76. The number of halogens is 4. The van der Waals surface area contributed by atoms with E-state index in [2.05, 4.69) is 0 Å². The van der Waals surface area contributed by atoms with Gasteiger partial charge >= 0.3 is 5.69 Å². The lowest BCUT2D eigenvalue weighted by Crippen LogP contribution is -2.10. The van der Waals surface area contributed by atoms with Crippen molar-refractivity contribution in [2.45, 2.75) is 20.3 Å². The number of hydrogen-bond donors (Lipinski definition) is 0. The minimum atomic E-state index is -1.37. The van der Waals surface area contributed by atoms with Crippen LogP contribution in [0.3, 0.4) is 0 Å². The molecule has 158 valence electrons. The molecule has 2 aromatic rings. The van der Waals surface area contributed by atoms with Gasteiger partial charge in [0.05, 0.1) is 17.1 Å². The maximum atomic E-state index is 14.2. The number of nitro groups is 1. The third kappa shape index (κ3) is 7.44. The first-order valence-electron chi connectivity index (χ1n) is 8.00. The van der Waals surface area contributed by atoms with Crippen LogP contribution in [0.5, 0.6) is 5.75 Å². The van der Waals surface area contributed by atoms with E-state index in [9.17, 15) is 23.3 Å². The number of benzene rings is 2. The molecule has 0 fully saturated rings. The number of carbonyl (C=O) groups is 2. The summed E-state index contributed by atoms with van der Waals surface area (Å²) in [6, 6.07) is 4.84. The van der Waals surface area contributed by atoms with Crippen molar-refractivity contribution in [1.29, 1.82) is 0 Å². The molecule has 0 aliphatic heterocycles. The lowest BCUT2D eigenvalue weighted by molar-refractivity contribution is -0.386. The average Bonchev–Trinajstić information content (AvgIpc) is 2.68. The summed E-state index contributed by atoms with van der Waals surface area (Å²) in [7, 11) is 0. The molecule has 0 bridgehead atoms. The number of nitro benzene ring substituents is 1. The summed E-state index contributed by atoms with van der Waals surface area (Å²) in [5.74, 6) is -3.62. The van der Waals surface area contributed by atoms with E-state index in [-0.39, 0.29) is 23.8 Å². The Bertz CT molecular complexity index is 847. The van der Waals surface area contributed by atoms with E-state index in [1.54, 1.807) is 6.07 Å². The number of hydrogen-bond acceptors (Lipinski definition) is 5. The predicted molar refractivity (Wildman–Crippen MR) is 110 cm³/mol. The van der Waals surface area contributed by atoms with Crippen molar-refractivity contribution in [3.63, 3.8) is 0 Å². The Balaban J connectivity index is 0.00000184. The van der Waals surface area contributed by atoms with Crippen molar-refractivity contribution in [2.24, 2.45) is 5.92 Å². The third-order valence-corrected chi connectivity index (χ3v) is 4.06. The van der Waals surface area contributed by atoms with E-state index >= 15 is 0 Å². The zero-order valence-corrected chi connectivity index (χ0v) is 17.9. The Hall–Kier alpha value is -2.50. The molecule has 0 heterocycles. The highest BCUT2D eigenvalue weighted by Gasteiger charge is 2.29. The first-order chi connectivity index (χ1) is 13.7. The quantitative estimate of drug-likeness (QED) is 0.305. The standard InChI is InChI=1S/C17H15F3INO3.2CH2O/c1-9(2)8-25-15-7-14(19)16(20)12(17(15)22(23)24)5-10-3-4-11(21)6-13(10)18;2*1-2/h3-4,6-7,9H,5,8H2,1-2H3;2*1H2. The van der Waals surface area contributed by atoms with Crippen LogP contribution in [0, 0.1) is 37.1 Å². The molecule has 0 N–H and O–H groups in total. The zero-order chi connectivity index (χ0) is 22.7. The van der Waals surface area contributed by atoms with Gasteiger partial charge in [0.25, 0.3) is 0 Å². The molecule has 29 heavy (non-hydrogen) atoms. The van der Waals surface area contributed by atoms with Gasteiger partial charge in [-0.2, -0.15) is 0 Å². The first-order valence-corrected chi connectivity index (χ1v) is 9.08. The molecule has 0 aromatic heterocycles. The first kappa shape index (κ1) is 26.5. The molecule has 2 aromatic carbocycles. The molecular formula is C19H19F3INO5. The van der Waals surface area contributed by atoms with Gasteiger partial charge in [-0.15, -0.1) is 0 Å². The summed E-state index contributed by atoms with van der Waals surface area (Å²) in [6.45, 7) is 7.73. The number of ether oxygens (including phenoxy) is 1. The highest BCUT2D eigenvalue weighted by molar-refractivity contribution is 14.1. The van der Waals surface area contributed by atoms with E-state index < -0.39 is 40.0 Å². The third-order valence-electron chi connectivity index (χ3n) is 3.39. The van der Waals surface area contributed by atoms with E-state index in [1.165, 1.54) is 12.1 Å². The van der Waals surface area contributed by atoms with Gasteiger partial charge in [0, 0.05) is 16.1 Å². The summed E-state index contributed by atoms with van der Waals surface area (Å²) < 4.78 is 48.1. The Morgan fingerprint density at radius 3 is 2.17 bits per heavy atom. The van der Waals surface area contributed by atoms with Crippen molar-refractivity contribution >= 4 is 41.9 Å². The van der Waals surface area contributed by atoms with Crippen LogP contribution in [0.4, 0.5) is 18.9 Å². The SMILES string of the molecule is C=O.C=O.CC(C)COc1cc(F)c(F)c(Cc2ccc(I)cc2F)c1[N+](=O)[O-]. The fourth-order valence-corrected chi connectivity index (χ4v) is 2.68. The molecule has 0 saturated heterocycles. The van der Waals surface area contributed by atoms with Gasteiger partial charge in [-0.05, 0) is 46.2 Å². The summed E-state index contributed by atoms with van der Waals surface area (Å²) in [5.41, 5.74) is -1.19. The Labute approximate surface area is 179 Å². The maximum absolute atomic E-state index is 14.2. The molecule has 2 rings (SSSR count). The van der Waals surface area contributed by atoms with Crippen LogP contribution >= 0.6 is 22.6 Å². The van der Waals surface area contributed by atoms with Crippen LogP contribution in [0.25, 0.3) is 0 Å². The molecule has 10 heteroatoms. The van der Waals surface area contributed by atoms with Gasteiger partial charge in [0.1, 0.15) is 19.4 Å². The Morgan fingerprint density at radius 1 is 1.10 bits per heavy atom. The van der Waals surface area contributed by atoms with E-state index in [4.69, 9.17) is 14.3 Å². The number of carbonyl (C=O) groups excluding carboxylic acids is 2. The van der Waals surface area contributed by atoms with Crippen LogP contribution in [-0.4, -0.2) is 25.1 Å². The Morgan fingerprint density at radius 2 is 1.69 bits per heavy atom. The molecule has 0 amide bonds. The van der Waals surface area contributed by atoms with Crippen molar-refractivity contribution in [2.75, 3.05) is 6.61 Å². The maximum Gasteiger partial charge on any atom is 0.317 e. The van der Waals surface area contributed by atoms with Crippen molar-refractivity contribution < 1.29 is 32.4 Å². The van der Waals surface area contributed by atoms with Crippen LogP contribution in [0.15, 0.2) is 24.3 Å². The van der Waals surface area contributed by atoms with Gasteiger partial charge in [-0.3, -0.25) is 10.1 Å². The molecule has 0 unspecified atom stereocenters. The average molecular weight is 525 g/mol. The molecule has 6 nitrogen and oxygen atoms in total. The zero-order valence-electron chi connectivity index (χ0n) is 15.7. The summed E-state index contributed by atoms with van der Waals surface area (Å²) in [5, 5.41) is 11.4. The lowest BCUT2D eigenvalue weighted by Gasteiger charge is -2.13. The van der Waals surface area contributed by atoms with E-state index in [1.807, 2.05) is 50.0 Å². The second-order valence-electron chi connectivity index (χ2n) is 5.87. The van der Waals surface area contributed by atoms with E-state index in [0.717, 1.165) is 0 Å². The second-order valence-corrected chi connectivity index (χ2v) is 7.12. The molecule has 0 spiro atoms. The molecule has 0 radical (unpaired) electrons. The minimum absolute atomic E-state index is 0.0304. The number of rotatable bonds is 6. The molecular weight excluding hydrogens is 506 g/mol. The summed E-state index contributed by atoms with van der Waals surface area (Å²) in [6.07, 6.45) is -0.458. The fraction of sp³-hybridized carbons (Fsp3) is 0.263. The highest BCUT2D eigenvalue weighted by Crippen LogP contribution is 2.36. The van der Waals surface area contributed by atoms with Gasteiger partial charge in [-0.25, -0.2) is 13.2 Å². The van der Waals surface area contributed by atoms with Gasteiger partial charge < -0.3 is 14.3 Å². The van der Waals surface area contributed by atoms with Crippen molar-refractivity contribution in [1.82, 2.24) is 0 Å². The van der Waals surface area contributed by atoms with Crippen LogP contribution in [0.1, 0.15) is 25.0 Å². The monoisotopic (exact) mass is 525 g/mol. The molecule has 0 aliphatic rings. The van der Waals surface area contributed by atoms with Crippen LogP contribution in [-0.2, 0) is 16.0 Å². The fourth-order valence-electron chi connectivity index (χ4n) is 2.23. The van der Waals surface area contributed by atoms with Gasteiger partial charge in [0.2, 0.25) is 5.75 Å². The van der Waals surface area contributed by atoms with Crippen molar-refractivity contribution in [3.05, 3.63) is 66.5 Å². The summed E-state index contributed by atoms with van der Waals surface area (Å²) in [4.78, 5) is 26.6. The number of nitrogens with zero attached hydrogens (tertiary/aromatic N) is 1. The highest BCUT2D eigenvalue weighted by atomic mass is 127. The largest absolute Gasteiger partial charge is 0.486 e. The Kier molecular flexibility index (Phi) is 11.8. The topological polar surface area (TPSA) is 86.5 Å². The predicted octanol–water partition coefficient (Wildman–Crippen LogP) is 4.87. The van der Waals surface area contributed by atoms with Crippen LogP contribution in [0.2, 0.25) is 0 Å².